The molecule has 2 nitrogen and oxygen atoms in total. The normalized spacial score (nSPS) is 11.6. The van der Waals surface area contributed by atoms with Gasteiger partial charge in [0.1, 0.15) is 6.61 Å². The number of esters is 1. The third kappa shape index (κ3) is 4.38. The topological polar surface area (TPSA) is 26.3 Å². The highest BCUT2D eigenvalue weighted by Crippen LogP contribution is 2.21. The fourth-order valence-electron chi connectivity index (χ4n) is 1.65. The van der Waals surface area contributed by atoms with Gasteiger partial charge in [0.25, 0.3) is 0 Å². The molecule has 0 radical (unpaired) electrons. The minimum atomic E-state index is -0.248. The summed E-state index contributed by atoms with van der Waals surface area (Å²) in [7, 11) is 0. The molecule has 0 saturated heterocycles. The molecule has 0 aliphatic rings. The van der Waals surface area contributed by atoms with Crippen molar-refractivity contribution in [1.82, 2.24) is 0 Å². The lowest BCUT2D eigenvalue weighted by atomic mass is 9.96. The second kappa shape index (κ2) is 7.72. The van der Waals surface area contributed by atoms with Crippen LogP contribution in [0, 0.1) is 5.92 Å². The van der Waals surface area contributed by atoms with Gasteiger partial charge in [0, 0.05) is 5.02 Å². The largest absolute Gasteiger partial charge is 0.461 e. The highest BCUT2D eigenvalue weighted by atomic mass is 35.5. The maximum Gasteiger partial charge on any atom is 0.309 e. The quantitative estimate of drug-likeness (QED) is 0.553. The van der Waals surface area contributed by atoms with Gasteiger partial charge in [-0.1, -0.05) is 48.5 Å². The number of ether oxygens (including phenoxy) is 1. The van der Waals surface area contributed by atoms with Gasteiger partial charge in [0.15, 0.2) is 0 Å². The molecule has 96 valence electrons. The van der Waals surface area contributed by atoms with Crippen molar-refractivity contribution in [3.05, 3.63) is 60.2 Å². The van der Waals surface area contributed by atoms with Gasteiger partial charge in [-0.15, -0.1) is 6.58 Å². The Morgan fingerprint density at radius 3 is 2.67 bits per heavy atom. The van der Waals surface area contributed by atoms with E-state index in [-0.39, 0.29) is 18.5 Å². The minimum absolute atomic E-state index is 0.231. The van der Waals surface area contributed by atoms with Crippen LogP contribution >= 0.6 is 11.6 Å². The molecule has 3 heteroatoms. The molecule has 0 fully saturated rings. The lowest BCUT2D eigenvalue weighted by molar-refractivity contribution is -0.147. The molecule has 0 amide bonds. The zero-order valence-corrected chi connectivity index (χ0v) is 11.0. The van der Waals surface area contributed by atoms with Crippen molar-refractivity contribution >= 4 is 17.6 Å². The fraction of sp³-hybridized carbons (Fsp3) is 0.267. The Morgan fingerprint density at radius 1 is 1.33 bits per heavy atom. The van der Waals surface area contributed by atoms with Gasteiger partial charge >= 0.3 is 5.97 Å². The third-order valence-corrected chi connectivity index (χ3v) is 2.92. The van der Waals surface area contributed by atoms with E-state index in [0.29, 0.717) is 17.9 Å². The van der Waals surface area contributed by atoms with E-state index in [2.05, 4.69) is 13.2 Å². The number of hydrogen-bond donors (Lipinski definition) is 0. The fourth-order valence-corrected chi connectivity index (χ4v) is 1.87. The van der Waals surface area contributed by atoms with E-state index in [1.807, 2.05) is 24.3 Å². The minimum Gasteiger partial charge on any atom is -0.461 e. The van der Waals surface area contributed by atoms with Crippen LogP contribution in [0.25, 0.3) is 0 Å². The van der Waals surface area contributed by atoms with Gasteiger partial charge in [0.05, 0.1) is 5.92 Å². The molecule has 0 aliphatic carbocycles. The van der Waals surface area contributed by atoms with Crippen molar-refractivity contribution in [1.29, 1.82) is 0 Å². The van der Waals surface area contributed by atoms with Gasteiger partial charge in [-0.05, 0) is 24.5 Å². The summed E-state index contributed by atoms with van der Waals surface area (Å²) in [5, 5.41) is 0.670. The van der Waals surface area contributed by atoms with E-state index in [4.69, 9.17) is 16.3 Å². The first kappa shape index (κ1) is 14.5. The number of carbonyl (C=O) groups is 1. The third-order valence-electron chi connectivity index (χ3n) is 2.55. The van der Waals surface area contributed by atoms with Crippen LogP contribution in [0.1, 0.15) is 12.0 Å². The highest BCUT2D eigenvalue weighted by Gasteiger charge is 2.19. The van der Waals surface area contributed by atoms with Crippen molar-refractivity contribution in [3.63, 3.8) is 0 Å². The Balaban J connectivity index is 2.73. The first-order valence-electron chi connectivity index (χ1n) is 5.80. The first-order valence-corrected chi connectivity index (χ1v) is 6.18. The molecule has 0 bridgehead atoms. The molecule has 0 heterocycles. The predicted molar refractivity (Wildman–Crippen MR) is 74.6 cm³/mol. The van der Waals surface area contributed by atoms with Gasteiger partial charge in [-0.2, -0.15) is 0 Å². The Morgan fingerprint density at radius 2 is 2.06 bits per heavy atom. The first-order chi connectivity index (χ1) is 8.69. The van der Waals surface area contributed by atoms with Crippen molar-refractivity contribution in [2.24, 2.45) is 5.92 Å². The standard InChI is InChI=1S/C15H17ClO2/c1-3-7-13(15(17)18-10-4-2)11-12-8-5-6-9-14(12)16/h3-6,8-9,13H,1-2,7,10-11H2. The summed E-state index contributed by atoms with van der Waals surface area (Å²) in [5.41, 5.74) is 0.946. The van der Waals surface area contributed by atoms with Crippen LogP contribution in [0.5, 0.6) is 0 Å². The van der Waals surface area contributed by atoms with Crippen LogP contribution in [0.2, 0.25) is 5.02 Å². The number of rotatable bonds is 7. The highest BCUT2D eigenvalue weighted by molar-refractivity contribution is 6.31. The van der Waals surface area contributed by atoms with E-state index in [9.17, 15) is 4.79 Å². The molecule has 0 aliphatic heterocycles. The Bertz CT molecular complexity index is 426. The maximum atomic E-state index is 11.8. The average molecular weight is 265 g/mol. The van der Waals surface area contributed by atoms with Crippen molar-refractivity contribution in [3.8, 4) is 0 Å². The van der Waals surface area contributed by atoms with E-state index < -0.39 is 0 Å². The molecule has 1 unspecified atom stereocenters. The van der Waals surface area contributed by atoms with Crippen LogP contribution in [0.4, 0.5) is 0 Å². The molecule has 1 rings (SSSR count). The number of benzene rings is 1. The zero-order valence-electron chi connectivity index (χ0n) is 10.3. The van der Waals surface area contributed by atoms with Gasteiger partial charge in [0.2, 0.25) is 0 Å². The van der Waals surface area contributed by atoms with Gasteiger partial charge in [-0.3, -0.25) is 4.79 Å². The predicted octanol–water partition coefficient (Wildman–Crippen LogP) is 3.80. The van der Waals surface area contributed by atoms with Crippen LogP contribution in [-0.4, -0.2) is 12.6 Å². The number of allylic oxidation sites excluding steroid dienone is 1. The van der Waals surface area contributed by atoms with Crippen LogP contribution in [0.15, 0.2) is 49.6 Å². The molecule has 0 saturated carbocycles. The molecule has 18 heavy (non-hydrogen) atoms. The summed E-state index contributed by atoms with van der Waals surface area (Å²) in [5.74, 6) is -0.489. The summed E-state index contributed by atoms with van der Waals surface area (Å²) in [6, 6.07) is 7.50. The lowest BCUT2D eigenvalue weighted by Gasteiger charge is -2.14. The summed E-state index contributed by atoms with van der Waals surface area (Å²) >= 11 is 6.08. The number of halogens is 1. The second-order valence-corrected chi connectivity index (χ2v) is 4.34. The molecule has 1 aromatic carbocycles. The van der Waals surface area contributed by atoms with E-state index >= 15 is 0 Å². The second-order valence-electron chi connectivity index (χ2n) is 3.94. The summed E-state index contributed by atoms with van der Waals surface area (Å²) in [4.78, 5) is 11.8. The van der Waals surface area contributed by atoms with Gasteiger partial charge < -0.3 is 4.74 Å². The summed E-state index contributed by atoms with van der Waals surface area (Å²) in [6.45, 7) is 7.42. The van der Waals surface area contributed by atoms with Crippen molar-refractivity contribution < 1.29 is 9.53 Å². The van der Waals surface area contributed by atoms with Crippen molar-refractivity contribution in [2.75, 3.05) is 6.61 Å². The maximum absolute atomic E-state index is 11.8. The monoisotopic (exact) mass is 264 g/mol. The summed E-state index contributed by atoms with van der Waals surface area (Å²) in [6.07, 6.45) is 4.40. The van der Waals surface area contributed by atoms with Crippen molar-refractivity contribution in [2.45, 2.75) is 12.8 Å². The summed E-state index contributed by atoms with van der Waals surface area (Å²) < 4.78 is 5.07. The zero-order chi connectivity index (χ0) is 13.4. The van der Waals surface area contributed by atoms with E-state index in [1.165, 1.54) is 0 Å². The molecule has 1 atom stereocenters. The van der Waals surface area contributed by atoms with Crippen LogP contribution in [-0.2, 0) is 16.0 Å². The van der Waals surface area contributed by atoms with E-state index in [1.54, 1.807) is 12.2 Å². The molecule has 0 spiro atoms. The van der Waals surface area contributed by atoms with Gasteiger partial charge in [-0.25, -0.2) is 0 Å². The Hall–Kier alpha value is -1.54. The van der Waals surface area contributed by atoms with Crippen LogP contribution < -0.4 is 0 Å². The molecule has 0 aromatic heterocycles. The SMILES string of the molecule is C=CCOC(=O)C(CC=C)Cc1ccccc1Cl. The molecule has 1 aromatic rings. The molecule has 0 N–H and O–H groups in total. The van der Waals surface area contributed by atoms with E-state index in [0.717, 1.165) is 5.56 Å². The number of hydrogen-bond acceptors (Lipinski definition) is 2. The smallest absolute Gasteiger partial charge is 0.309 e. The Labute approximate surface area is 113 Å². The van der Waals surface area contributed by atoms with Crippen LogP contribution in [0.3, 0.4) is 0 Å². The lowest BCUT2D eigenvalue weighted by Crippen LogP contribution is -2.20. The Kier molecular flexibility index (Phi) is 6.23. The molecular formula is C15H17ClO2. The molecular weight excluding hydrogens is 248 g/mol. The number of carbonyl (C=O) groups excluding carboxylic acids is 1. The average Bonchev–Trinajstić information content (AvgIpc) is 2.38.